The van der Waals surface area contributed by atoms with Gasteiger partial charge in [-0.1, -0.05) is 48.5 Å². The first-order chi connectivity index (χ1) is 15.6. The van der Waals surface area contributed by atoms with E-state index in [4.69, 9.17) is 4.74 Å². The number of anilines is 2. The molecule has 32 heavy (non-hydrogen) atoms. The minimum absolute atomic E-state index is 0.000602. The van der Waals surface area contributed by atoms with Crippen LogP contribution in [0.3, 0.4) is 0 Å². The van der Waals surface area contributed by atoms with Gasteiger partial charge in [0.2, 0.25) is 0 Å². The molecule has 1 N–H and O–H groups in total. The lowest BCUT2D eigenvalue weighted by Crippen LogP contribution is -2.50. The number of nitrogens with one attached hydrogen (secondary N) is 1. The zero-order valence-electron chi connectivity index (χ0n) is 18.1. The van der Waals surface area contributed by atoms with Crippen molar-refractivity contribution < 1.29 is 14.3 Å². The van der Waals surface area contributed by atoms with Crippen molar-refractivity contribution in [3.8, 4) is 5.75 Å². The first-order valence-electron chi connectivity index (χ1n) is 10.8. The molecule has 1 saturated heterocycles. The molecule has 1 aliphatic rings. The molecule has 0 aromatic heterocycles. The topological polar surface area (TPSA) is 61.9 Å². The van der Waals surface area contributed by atoms with Crippen LogP contribution in [-0.2, 0) is 4.79 Å². The summed E-state index contributed by atoms with van der Waals surface area (Å²) in [6.45, 7) is 3.41. The predicted octanol–water partition coefficient (Wildman–Crippen LogP) is 5.10. The van der Waals surface area contributed by atoms with E-state index in [9.17, 15) is 9.59 Å². The van der Waals surface area contributed by atoms with E-state index in [1.54, 1.807) is 17.0 Å². The van der Waals surface area contributed by atoms with Crippen LogP contribution in [-0.4, -0.2) is 36.5 Å². The second-order valence-corrected chi connectivity index (χ2v) is 7.76. The molecule has 6 nitrogen and oxygen atoms in total. The van der Waals surface area contributed by atoms with Gasteiger partial charge in [0.05, 0.1) is 6.04 Å². The third-order valence-electron chi connectivity index (χ3n) is 5.58. The van der Waals surface area contributed by atoms with Gasteiger partial charge in [-0.2, -0.15) is 0 Å². The normalized spacial score (nSPS) is 14.7. The molecule has 0 radical (unpaired) electrons. The number of hydrogen-bond donors (Lipinski definition) is 1. The maximum absolute atomic E-state index is 13.2. The van der Waals surface area contributed by atoms with Gasteiger partial charge in [-0.05, 0) is 55.3 Å². The van der Waals surface area contributed by atoms with Gasteiger partial charge in [0, 0.05) is 24.5 Å². The summed E-state index contributed by atoms with van der Waals surface area (Å²) >= 11 is 0. The van der Waals surface area contributed by atoms with Crippen molar-refractivity contribution in [2.24, 2.45) is 0 Å². The number of carbonyl (C=O) groups excluding carboxylic acids is 2. The van der Waals surface area contributed by atoms with Crippen LogP contribution in [0.4, 0.5) is 16.2 Å². The van der Waals surface area contributed by atoms with E-state index in [1.807, 2.05) is 65.6 Å². The molecule has 1 aliphatic heterocycles. The largest absolute Gasteiger partial charge is 0.484 e. The number of ether oxygens (including phenoxy) is 1. The van der Waals surface area contributed by atoms with Crippen molar-refractivity contribution in [3.05, 3.63) is 90.5 Å². The molecule has 4 rings (SSSR count). The van der Waals surface area contributed by atoms with E-state index in [0.29, 0.717) is 18.0 Å². The summed E-state index contributed by atoms with van der Waals surface area (Å²) in [7, 11) is 0. The molecule has 6 heteroatoms. The summed E-state index contributed by atoms with van der Waals surface area (Å²) in [4.78, 5) is 29.1. The lowest BCUT2D eigenvalue weighted by atomic mass is 10.1. The fourth-order valence-corrected chi connectivity index (χ4v) is 3.84. The van der Waals surface area contributed by atoms with Crippen LogP contribution in [0.15, 0.2) is 84.9 Å². The lowest BCUT2D eigenvalue weighted by molar-refractivity contribution is -0.118. The Kier molecular flexibility index (Phi) is 6.70. The van der Waals surface area contributed by atoms with Gasteiger partial charge < -0.3 is 15.0 Å². The van der Waals surface area contributed by atoms with E-state index < -0.39 is 0 Å². The summed E-state index contributed by atoms with van der Waals surface area (Å²) in [6.07, 6.45) is 0.901. The van der Waals surface area contributed by atoms with Crippen molar-refractivity contribution in [1.82, 2.24) is 4.90 Å². The molecule has 1 fully saturated rings. The van der Waals surface area contributed by atoms with Crippen LogP contribution in [0, 0.1) is 0 Å². The minimum Gasteiger partial charge on any atom is -0.484 e. The van der Waals surface area contributed by atoms with Gasteiger partial charge in [-0.3, -0.25) is 9.69 Å². The smallest absolute Gasteiger partial charge is 0.324 e. The summed E-state index contributed by atoms with van der Waals surface area (Å²) in [5.74, 6) is 0.411. The Bertz CT molecular complexity index is 1040. The highest BCUT2D eigenvalue weighted by Gasteiger charge is 2.30. The third kappa shape index (κ3) is 5.09. The number of carbonyl (C=O) groups is 2. The standard InChI is InChI=1S/C26H27N3O3/c1-20(21-9-4-2-5-10-21)28-17-8-18-29(26(28)31)23-15-13-22(14-16-23)27-25(30)19-32-24-11-6-3-7-12-24/h2-7,9-16,20H,8,17-19H2,1H3,(H,27,30)/t20-/m0/s1. The monoisotopic (exact) mass is 429 g/mol. The van der Waals surface area contributed by atoms with Crippen molar-refractivity contribution in [3.63, 3.8) is 0 Å². The number of hydrogen-bond acceptors (Lipinski definition) is 3. The number of para-hydroxylation sites is 1. The highest BCUT2D eigenvalue weighted by atomic mass is 16.5. The Morgan fingerprint density at radius 1 is 0.938 bits per heavy atom. The second-order valence-electron chi connectivity index (χ2n) is 7.76. The Morgan fingerprint density at radius 2 is 1.59 bits per heavy atom. The molecule has 0 saturated carbocycles. The van der Waals surface area contributed by atoms with Gasteiger partial charge in [-0.15, -0.1) is 0 Å². The van der Waals surface area contributed by atoms with E-state index >= 15 is 0 Å². The highest BCUT2D eigenvalue weighted by Crippen LogP contribution is 2.28. The van der Waals surface area contributed by atoms with Crippen LogP contribution >= 0.6 is 0 Å². The average molecular weight is 430 g/mol. The SMILES string of the molecule is C[C@@H](c1ccccc1)N1CCCN(c2ccc(NC(=O)COc3ccccc3)cc2)C1=O. The molecule has 1 atom stereocenters. The van der Waals surface area contributed by atoms with E-state index in [0.717, 1.165) is 24.2 Å². The zero-order valence-corrected chi connectivity index (χ0v) is 18.1. The molecular formula is C26H27N3O3. The highest BCUT2D eigenvalue weighted by molar-refractivity contribution is 5.94. The van der Waals surface area contributed by atoms with Crippen LogP contribution in [0.5, 0.6) is 5.75 Å². The summed E-state index contributed by atoms with van der Waals surface area (Å²) in [5, 5.41) is 2.82. The molecule has 3 aromatic rings. The average Bonchev–Trinajstić information content (AvgIpc) is 2.84. The Labute approximate surface area is 188 Å². The minimum atomic E-state index is -0.237. The number of urea groups is 1. The maximum Gasteiger partial charge on any atom is 0.324 e. The summed E-state index contributed by atoms with van der Waals surface area (Å²) in [6, 6.07) is 26.6. The first kappa shape index (κ1) is 21.4. The number of nitrogens with zero attached hydrogens (tertiary/aromatic N) is 2. The molecule has 3 aromatic carbocycles. The Hall–Kier alpha value is -3.80. The van der Waals surface area contributed by atoms with Gasteiger partial charge in [0.25, 0.3) is 5.91 Å². The Morgan fingerprint density at radius 3 is 2.28 bits per heavy atom. The Balaban J connectivity index is 1.36. The molecule has 0 spiro atoms. The second kappa shape index (κ2) is 10.0. The van der Waals surface area contributed by atoms with Crippen LogP contribution < -0.4 is 15.0 Å². The summed E-state index contributed by atoms with van der Waals surface area (Å²) < 4.78 is 5.47. The lowest BCUT2D eigenvalue weighted by Gasteiger charge is -2.39. The number of benzene rings is 3. The first-order valence-corrected chi connectivity index (χ1v) is 10.8. The van der Waals surface area contributed by atoms with Crippen molar-refractivity contribution in [1.29, 1.82) is 0 Å². The van der Waals surface area contributed by atoms with Gasteiger partial charge in [-0.25, -0.2) is 4.79 Å². The van der Waals surface area contributed by atoms with Gasteiger partial charge in [0.15, 0.2) is 6.61 Å². The molecule has 164 valence electrons. The third-order valence-corrected chi connectivity index (χ3v) is 5.58. The fraction of sp³-hybridized carbons (Fsp3) is 0.231. The van der Waals surface area contributed by atoms with Gasteiger partial charge >= 0.3 is 6.03 Å². The van der Waals surface area contributed by atoms with Crippen molar-refractivity contribution in [2.45, 2.75) is 19.4 Å². The molecule has 1 heterocycles. The van der Waals surface area contributed by atoms with E-state index in [-0.39, 0.29) is 24.6 Å². The van der Waals surface area contributed by atoms with Crippen molar-refractivity contribution >= 4 is 23.3 Å². The molecule has 0 bridgehead atoms. The fourth-order valence-electron chi connectivity index (χ4n) is 3.84. The number of amides is 3. The van der Waals surface area contributed by atoms with E-state index in [1.165, 1.54) is 0 Å². The zero-order chi connectivity index (χ0) is 22.3. The molecular weight excluding hydrogens is 402 g/mol. The molecule has 0 aliphatic carbocycles. The number of rotatable bonds is 7. The van der Waals surface area contributed by atoms with Gasteiger partial charge in [0.1, 0.15) is 5.75 Å². The van der Waals surface area contributed by atoms with E-state index in [2.05, 4.69) is 24.4 Å². The summed E-state index contributed by atoms with van der Waals surface area (Å²) in [5.41, 5.74) is 2.60. The quantitative estimate of drug-likeness (QED) is 0.569. The van der Waals surface area contributed by atoms with Crippen LogP contribution in [0.1, 0.15) is 24.9 Å². The van der Waals surface area contributed by atoms with Crippen LogP contribution in [0.2, 0.25) is 0 Å². The predicted molar refractivity (Wildman–Crippen MR) is 126 cm³/mol. The maximum atomic E-state index is 13.2. The van der Waals surface area contributed by atoms with Crippen molar-refractivity contribution in [2.75, 3.05) is 29.9 Å². The van der Waals surface area contributed by atoms with Crippen LogP contribution in [0.25, 0.3) is 0 Å². The molecule has 3 amide bonds. The molecule has 0 unspecified atom stereocenters.